The Hall–Kier alpha value is -2.07. The standard InChI is InChI=1S/C14H12F3N3S/c1-8-7-19-13(21-8)9(2)20-12-4-3-11(14(15,16)17)5-10(12)6-18/h3-5,7,9,20H,1-2H3. The normalized spacial score (nSPS) is 12.8. The van der Waals surface area contributed by atoms with Crippen LogP contribution in [0.1, 0.15) is 34.0 Å². The topological polar surface area (TPSA) is 48.7 Å². The zero-order valence-corrected chi connectivity index (χ0v) is 12.1. The molecule has 0 aliphatic heterocycles. The van der Waals surface area contributed by atoms with Gasteiger partial charge >= 0.3 is 6.18 Å². The van der Waals surface area contributed by atoms with Gasteiger partial charge in [0.15, 0.2) is 0 Å². The number of rotatable bonds is 3. The van der Waals surface area contributed by atoms with Crippen LogP contribution in [0.15, 0.2) is 24.4 Å². The maximum atomic E-state index is 12.6. The second-order valence-electron chi connectivity index (χ2n) is 4.55. The molecule has 0 radical (unpaired) electrons. The molecule has 3 nitrogen and oxygen atoms in total. The van der Waals surface area contributed by atoms with E-state index in [-0.39, 0.29) is 11.6 Å². The van der Waals surface area contributed by atoms with E-state index in [0.29, 0.717) is 5.69 Å². The number of nitrogens with one attached hydrogen (secondary N) is 1. The highest BCUT2D eigenvalue weighted by atomic mass is 32.1. The molecule has 1 aromatic heterocycles. The highest BCUT2D eigenvalue weighted by molar-refractivity contribution is 7.11. The molecular weight excluding hydrogens is 299 g/mol. The van der Waals surface area contributed by atoms with Crippen molar-refractivity contribution in [1.29, 1.82) is 5.26 Å². The van der Waals surface area contributed by atoms with E-state index >= 15 is 0 Å². The van der Waals surface area contributed by atoms with E-state index in [0.717, 1.165) is 22.0 Å². The van der Waals surface area contributed by atoms with Gasteiger partial charge < -0.3 is 5.32 Å². The molecule has 1 aromatic carbocycles. The van der Waals surface area contributed by atoms with Crippen LogP contribution < -0.4 is 5.32 Å². The number of anilines is 1. The summed E-state index contributed by atoms with van der Waals surface area (Å²) in [6.07, 6.45) is -2.72. The number of nitrogens with zero attached hydrogens (tertiary/aromatic N) is 2. The second kappa shape index (κ2) is 5.74. The molecule has 1 unspecified atom stereocenters. The third-order valence-corrected chi connectivity index (χ3v) is 3.94. The van der Waals surface area contributed by atoms with Crippen LogP contribution in [-0.2, 0) is 6.18 Å². The number of thiazole rings is 1. The maximum Gasteiger partial charge on any atom is 0.416 e. The lowest BCUT2D eigenvalue weighted by molar-refractivity contribution is -0.137. The molecule has 1 heterocycles. The van der Waals surface area contributed by atoms with Gasteiger partial charge in [0.25, 0.3) is 0 Å². The minimum atomic E-state index is -4.46. The van der Waals surface area contributed by atoms with Crippen molar-refractivity contribution in [3.05, 3.63) is 45.4 Å². The Labute approximate surface area is 124 Å². The van der Waals surface area contributed by atoms with Gasteiger partial charge in [-0.15, -0.1) is 11.3 Å². The van der Waals surface area contributed by atoms with E-state index in [1.165, 1.54) is 17.4 Å². The largest absolute Gasteiger partial charge is 0.416 e. The molecule has 0 saturated carbocycles. The minimum Gasteiger partial charge on any atom is -0.375 e. The molecule has 0 amide bonds. The van der Waals surface area contributed by atoms with Gasteiger partial charge in [0.05, 0.1) is 22.9 Å². The zero-order chi connectivity index (χ0) is 15.6. The lowest BCUT2D eigenvalue weighted by atomic mass is 10.1. The summed E-state index contributed by atoms with van der Waals surface area (Å²) in [6, 6.07) is 4.69. The summed E-state index contributed by atoms with van der Waals surface area (Å²) >= 11 is 1.50. The lowest BCUT2D eigenvalue weighted by Gasteiger charge is -2.15. The summed E-state index contributed by atoms with van der Waals surface area (Å²) in [7, 11) is 0. The van der Waals surface area contributed by atoms with E-state index in [9.17, 15) is 13.2 Å². The second-order valence-corrected chi connectivity index (χ2v) is 5.81. The van der Waals surface area contributed by atoms with Crippen LogP contribution in [-0.4, -0.2) is 4.98 Å². The first kappa shape index (κ1) is 15.3. The predicted molar refractivity (Wildman–Crippen MR) is 75.0 cm³/mol. The fourth-order valence-corrected chi connectivity index (χ4v) is 2.58. The van der Waals surface area contributed by atoms with E-state index in [1.54, 1.807) is 12.3 Å². The molecule has 110 valence electrons. The Morgan fingerprint density at radius 1 is 1.38 bits per heavy atom. The smallest absolute Gasteiger partial charge is 0.375 e. The van der Waals surface area contributed by atoms with Crippen LogP contribution in [0.4, 0.5) is 18.9 Å². The molecule has 1 atom stereocenters. The minimum absolute atomic E-state index is 0.0371. The number of aryl methyl sites for hydroxylation is 1. The number of benzene rings is 1. The third kappa shape index (κ3) is 3.52. The van der Waals surface area contributed by atoms with Crippen molar-refractivity contribution in [3.8, 4) is 6.07 Å². The first-order chi connectivity index (χ1) is 9.81. The van der Waals surface area contributed by atoms with E-state index in [4.69, 9.17) is 5.26 Å². The van der Waals surface area contributed by atoms with Crippen molar-refractivity contribution >= 4 is 17.0 Å². The van der Waals surface area contributed by atoms with Crippen LogP contribution in [0.25, 0.3) is 0 Å². The Kier molecular flexibility index (Phi) is 4.19. The van der Waals surface area contributed by atoms with Crippen molar-refractivity contribution in [2.45, 2.75) is 26.1 Å². The van der Waals surface area contributed by atoms with Gasteiger partial charge in [-0.2, -0.15) is 18.4 Å². The molecule has 0 aliphatic carbocycles. The maximum absolute atomic E-state index is 12.6. The van der Waals surface area contributed by atoms with Crippen LogP contribution in [0.5, 0.6) is 0 Å². The van der Waals surface area contributed by atoms with Gasteiger partial charge in [-0.1, -0.05) is 0 Å². The summed E-state index contributed by atoms with van der Waals surface area (Å²) < 4.78 is 37.9. The van der Waals surface area contributed by atoms with Crippen molar-refractivity contribution < 1.29 is 13.2 Å². The van der Waals surface area contributed by atoms with Gasteiger partial charge in [0, 0.05) is 11.1 Å². The molecule has 21 heavy (non-hydrogen) atoms. The van der Waals surface area contributed by atoms with Crippen molar-refractivity contribution in [1.82, 2.24) is 4.98 Å². The molecule has 2 aromatic rings. The van der Waals surface area contributed by atoms with Gasteiger partial charge in [0.2, 0.25) is 0 Å². The highest BCUT2D eigenvalue weighted by Gasteiger charge is 2.31. The number of halogens is 3. The molecule has 0 fully saturated rings. The molecule has 0 aliphatic rings. The Bertz CT molecular complexity index is 686. The fraction of sp³-hybridized carbons (Fsp3) is 0.286. The zero-order valence-electron chi connectivity index (χ0n) is 11.3. The average Bonchev–Trinajstić information content (AvgIpc) is 2.84. The number of hydrogen-bond acceptors (Lipinski definition) is 4. The van der Waals surface area contributed by atoms with Crippen LogP contribution in [0.3, 0.4) is 0 Å². The van der Waals surface area contributed by atoms with Crippen LogP contribution in [0.2, 0.25) is 0 Å². The number of aromatic nitrogens is 1. The highest BCUT2D eigenvalue weighted by Crippen LogP contribution is 2.32. The summed E-state index contributed by atoms with van der Waals surface area (Å²) in [4.78, 5) is 5.27. The summed E-state index contributed by atoms with van der Waals surface area (Å²) in [5.74, 6) is 0. The molecule has 1 N–H and O–H groups in total. The number of nitriles is 1. The first-order valence-electron chi connectivity index (χ1n) is 6.11. The molecule has 0 spiro atoms. The average molecular weight is 311 g/mol. The summed E-state index contributed by atoms with van der Waals surface area (Å²) in [6.45, 7) is 3.77. The Morgan fingerprint density at radius 2 is 2.10 bits per heavy atom. The Balaban J connectivity index is 2.26. The molecule has 2 rings (SSSR count). The number of hydrogen-bond donors (Lipinski definition) is 1. The van der Waals surface area contributed by atoms with Crippen LogP contribution >= 0.6 is 11.3 Å². The van der Waals surface area contributed by atoms with E-state index < -0.39 is 11.7 Å². The molecular formula is C14H12F3N3S. The monoisotopic (exact) mass is 311 g/mol. The quantitative estimate of drug-likeness (QED) is 0.907. The predicted octanol–water partition coefficient (Wildman–Crippen LogP) is 4.52. The van der Waals surface area contributed by atoms with Gasteiger partial charge in [0.1, 0.15) is 11.1 Å². The van der Waals surface area contributed by atoms with Gasteiger partial charge in [-0.3, -0.25) is 0 Å². The number of alkyl halides is 3. The summed E-state index contributed by atoms with van der Waals surface area (Å²) in [5.41, 5.74) is -0.502. The molecule has 7 heteroatoms. The van der Waals surface area contributed by atoms with Gasteiger partial charge in [-0.05, 0) is 32.0 Å². The summed E-state index contributed by atoms with van der Waals surface area (Å²) in [5, 5.41) is 12.9. The van der Waals surface area contributed by atoms with Crippen molar-refractivity contribution in [2.24, 2.45) is 0 Å². The fourth-order valence-electron chi connectivity index (χ4n) is 1.81. The lowest BCUT2D eigenvalue weighted by Crippen LogP contribution is -2.10. The van der Waals surface area contributed by atoms with E-state index in [1.807, 2.05) is 13.8 Å². The third-order valence-electron chi connectivity index (χ3n) is 2.85. The van der Waals surface area contributed by atoms with Gasteiger partial charge in [-0.25, -0.2) is 4.98 Å². The SMILES string of the molecule is Cc1cnc(C(C)Nc2ccc(C(F)(F)F)cc2C#N)s1. The van der Waals surface area contributed by atoms with Crippen molar-refractivity contribution in [2.75, 3.05) is 5.32 Å². The molecule has 0 saturated heterocycles. The van der Waals surface area contributed by atoms with E-state index in [2.05, 4.69) is 10.3 Å². The molecule has 0 bridgehead atoms. The Morgan fingerprint density at radius 3 is 2.62 bits per heavy atom. The van der Waals surface area contributed by atoms with Crippen LogP contribution in [0, 0.1) is 18.3 Å². The first-order valence-corrected chi connectivity index (χ1v) is 6.93. The van der Waals surface area contributed by atoms with Crippen molar-refractivity contribution in [3.63, 3.8) is 0 Å².